The maximum absolute atomic E-state index is 13.0. The Hall–Kier alpha value is -1.95. The van der Waals surface area contributed by atoms with Gasteiger partial charge in [0.25, 0.3) is 0 Å². The summed E-state index contributed by atoms with van der Waals surface area (Å²) in [6.45, 7) is 1.72. The number of pyridine rings is 1. The van der Waals surface area contributed by atoms with Crippen LogP contribution in [0.1, 0.15) is 28.5 Å². The molecule has 1 N–H and O–H groups in total. The first-order valence-electron chi connectivity index (χ1n) is 5.76. The number of hydrogen-bond acceptors (Lipinski definition) is 2. The van der Waals surface area contributed by atoms with Crippen molar-refractivity contribution in [3.63, 3.8) is 0 Å². The number of rotatable bonds is 2. The predicted octanol–water partition coefficient (Wildman–Crippen LogP) is 3.63. The average molecular weight is 285 g/mol. The van der Waals surface area contributed by atoms with Gasteiger partial charge in [0.15, 0.2) is 0 Å². The molecule has 2 rings (SSSR count). The van der Waals surface area contributed by atoms with Crippen molar-refractivity contribution in [1.29, 1.82) is 0 Å². The van der Waals surface area contributed by atoms with E-state index in [1.54, 1.807) is 13.0 Å². The summed E-state index contributed by atoms with van der Waals surface area (Å²) in [4.78, 5) is 3.92. The quantitative estimate of drug-likeness (QED) is 0.855. The lowest BCUT2D eigenvalue weighted by Crippen LogP contribution is -2.13. The maximum Gasteiger partial charge on any atom is 0.416 e. The van der Waals surface area contributed by atoms with Crippen LogP contribution in [-0.2, 0) is 6.18 Å². The first kappa shape index (κ1) is 14.5. The van der Waals surface area contributed by atoms with E-state index in [0.717, 1.165) is 12.1 Å². The fourth-order valence-corrected chi connectivity index (χ4v) is 1.83. The number of aliphatic hydroxyl groups excluding tert-OH is 1. The van der Waals surface area contributed by atoms with Gasteiger partial charge in [0.1, 0.15) is 11.9 Å². The van der Waals surface area contributed by atoms with Crippen LogP contribution in [0.4, 0.5) is 17.6 Å². The number of benzene rings is 1. The fourth-order valence-electron chi connectivity index (χ4n) is 1.83. The van der Waals surface area contributed by atoms with E-state index in [0.29, 0.717) is 11.8 Å². The van der Waals surface area contributed by atoms with Gasteiger partial charge in [0.2, 0.25) is 0 Å². The number of aromatic nitrogens is 1. The molecule has 0 amide bonds. The molecule has 0 aliphatic carbocycles. The molecule has 0 fully saturated rings. The normalized spacial score (nSPS) is 13.3. The monoisotopic (exact) mass is 285 g/mol. The van der Waals surface area contributed by atoms with Gasteiger partial charge < -0.3 is 5.11 Å². The van der Waals surface area contributed by atoms with Gasteiger partial charge in [0.05, 0.1) is 5.56 Å². The smallest absolute Gasteiger partial charge is 0.384 e. The van der Waals surface area contributed by atoms with E-state index in [1.165, 1.54) is 12.3 Å². The van der Waals surface area contributed by atoms with Crippen molar-refractivity contribution < 1.29 is 22.7 Å². The standard InChI is InChI=1S/C14H11F4NO/c1-8-2-3-9(7-19-8)13(20)11-5-4-10(15)6-12(11)14(16,17)18/h2-7,13,20H,1H3. The topological polar surface area (TPSA) is 33.1 Å². The van der Waals surface area contributed by atoms with Crippen LogP contribution in [0.3, 0.4) is 0 Å². The van der Waals surface area contributed by atoms with Crippen molar-refractivity contribution in [2.45, 2.75) is 19.2 Å². The summed E-state index contributed by atoms with van der Waals surface area (Å²) in [5, 5.41) is 10.1. The molecule has 0 radical (unpaired) electrons. The molecular weight excluding hydrogens is 274 g/mol. The third-order valence-electron chi connectivity index (χ3n) is 2.87. The summed E-state index contributed by atoms with van der Waals surface area (Å²) in [6.07, 6.45) is -4.96. The number of nitrogens with zero attached hydrogens (tertiary/aromatic N) is 1. The van der Waals surface area contributed by atoms with Crippen molar-refractivity contribution in [3.05, 3.63) is 64.7 Å². The maximum atomic E-state index is 13.0. The first-order chi connectivity index (χ1) is 9.29. The molecule has 0 spiro atoms. The zero-order valence-electron chi connectivity index (χ0n) is 10.4. The Morgan fingerprint density at radius 3 is 2.40 bits per heavy atom. The molecule has 0 aliphatic rings. The number of alkyl halides is 3. The zero-order valence-corrected chi connectivity index (χ0v) is 10.4. The minimum absolute atomic E-state index is 0.215. The fraction of sp³-hybridized carbons (Fsp3) is 0.214. The summed E-state index contributed by atoms with van der Waals surface area (Å²) < 4.78 is 51.6. The molecule has 0 saturated heterocycles. The highest BCUT2D eigenvalue weighted by atomic mass is 19.4. The van der Waals surface area contributed by atoms with Crippen LogP contribution in [0.2, 0.25) is 0 Å². The first-order valence-corrected chi connectivity index (χ1v) is 5.76. The van der Waals surface area contributed by atoms with Crippen molar-refractivity contribution >= 4 is 0 Å². The molecule has 0 aliphatic heterocycles. The molecule has 1 aromatic carbocycles. The third kappa shape index (κ3) is 2.96. The SMILES string of the molecule is Cc1ccc(C(O)c2ccc(F)cc2C(F)(F)F)cn1. The van der Waals surface area contributed by atoms with Crippen molar-refractivity contribution in [2.24, 2.45) is 0 Å². The molecule has 1 aromatic heterocycles. The second-order valence-corrected chi connectivity index (χ2v) is 4.36. The van der Waals surface area contributed by atoms with Gasteiger partial charge in [-0.2, -0.15) is 13.2 Å². The molecule has 106 valence electrons. The third-order valence-corrected chi connectivity index (χ3v) is 2.87. The van der Waals surface area contributed by atoms with Gasteiger partial charge >= 0.3 is 6.18 Å². The van der Waals surface area contributed by atoms with E-state index >= 15 is 0 Å². The van der Waals surface area contributed by atoms with Gasteiger partial charge in [-0.15, -0.1) is 0 Å². The Kier molecular flexibility index (Phi) is 3.76. The summed E-state index contributed by atoms with van der Waals surface area (Å²) in [5.41, 5.74) is -0.695. The Morgan fingerprint density at radius 1 is 1.15 bits per heavy atom. The Bertz CT molecular complexity index is 608. The molecule has 2 aromatic rings. The number of aryl methyl sites for hydroxylation is 1. The lowest BCUT2D eigenvalue weighted by atomic mass is 9.97. The van der Waals surface area contributed by atoms with Crippen LogP contribution in [0.5, 0.6) is 0 Å². The van der Waals surface area contributed by atoms with E-state index in [2.05, 4.69) is 4.98 Å². The van der Waals surface area contributed by atoms with E-state index in [4.69, 9.17) is 0 Å². The van der Waals surface area contributed by atoms with Crippen molar-refractivity contribution in [1.82, 2.24) is 4.98 Å². The molecule has 2 nitrogen and oxygen atoms in total. The van der Waals surface area contributed by atoms with Gasteiger partial charge in [-0.05, 0) is 30.7 Å². The van der Waals surface area contributed by atoms with E-state index < -0.39 is 29.2 Å². The summed E-state index contributed by atoms with van der Waals surface area (Å²) in [5.74, 6) is -1.00. The van der Waals surface area contributed by atoms with Gasteiger partial charge in [-0.3, -0.25) is 4.98 Å². The molecule has 6 heteroatoms. The predicted molar refractivity (Wildman–Crippen MR) is 64.4 cm³/mol. The second-order valence-electron chi connectivity index (χ2n) is 4.36. The number of hydrogen-bond donors (Lipinski definition) is 1. The number of halogens is 4. The molecule has 1 atom stereocenters. The van der Waals surface area contributed by atoms with Gasteiger partial charge in [0, 0.05) is 17.5 Å². The van der Waals surface area contributed by atoms with Gasteiger partial charge in [-0.25, -0.2) is 4.39 Å². The molecule has 0 saturated carbocycles. The number of aliphatic hydroxyl groups is 1. The highest BCUT2D eigenvalue weighted by Gasteiger charge is 2.35. The Morgan fingerprint density at radius 2 is 1.85 bits per heavy atom. The molecular formula is C14H11F4NO. The largest absolute Gasteiger partial charge is 0.416 e. The zero-order chi connectivity index (χ0) is 14.9. The molecule has 1 unspecified atom stereocenters. The van der Waals surface area contributed by atoms with Crippen LogP contribution in [0.25, 0.3) is 0 Å². The van der Waals surface area contributed by atoms with E-state index in [9.17, 15) is 22.7 Å². The summed E-state index contributed by atoms with van der Waals surface area (Å²) >= 11 is 0. The van der Waals surface area contributed by atoms with Crippen molar-refractivity contribution in [2.75, 3.05) is 0 Å². The molecule has 20 heavy (non-hydrogen) atoms. The molecule has 0 bridgehead atoms. The summed E-state index contributed by atoms with van der Waals surface area (Å²) in [6, 6.07) is 5.25. The van der Waals surface area contributed by atoms with Crippen LogP contribution < -0.4 is 0 Å². The lowest BCUT2D eigenvalue weighted by molar-refractivity contribution is -0.139. The Labute approximate surface area is 112 Å². The average Bonchev–Trinajstić information content (AvgIpc) is 2.38. The van der Waals surface area contributed by atoms with Crippen LogP contribution in [0, 0.1) is 12.7 Å². The van der Waals surface area contributed by atoms with Crippen LogP contribution in [-0.4, -0.2) is 10.1 Å². The van der Waals surface area contributed by atoms with E-state index in [-0.39, 0.29) is 5.56 Å². The van der Waals surface area contributed by atoms with Crippen LogP contribution >= 0.6 is 0 Å². The highest BCUT2D eigenvalue weighted by Crippen LogP contribution is 2.36. The summed E-state index contributed by atoms with van der Waals surface area (Å²) in [7, 11) is 0. The minimum Gasteiger partial charge on any atom is -0.384 e. The van der Waals surface area contributed by atoms with Crippen LogP contribution in [0.15, 0.2) is 36.5 Å². The van der Waals surface area contributed by atoms with Crippen molar-refractivity contribution in [3.8, 4) is 0 Å². The van der Waals surface area contributed by atoms with E-state index in [1.807, 2.05) is 0 Å². The van der Waals surface area contributed by atoms with Gasteiger partial charge in [-0.1, -0.05) is 12.1 Å². The molecule has 1 heterocycles. The Balaban J connectivity index is 2.49. The lowest BCUT2D eigenvalue weighted by Gasteiger charge is -2.17. The highest BCUT2D eigenvalue weighted by molar-refractivity contribution is 5.37. The second kappa shape index (κ2) is 5.20. The minimum atomic E-state index is -4.74.